The standard InChI is InChI=1S/C11H14BrNO3/c1-15-11(16-2)7-6-9(14)8-4-3-5-10(12)13-8/h3-5,11H,6-7H2,1-2H3. The Bertz CT molecular complexity index is 353. The molecule has 1 aromatic rings. The molecule has 0 aliphatic rings. The van der Waals surface area contributed by atoms with Gasteiger partial charge in [-0.25, -0.2) is 4.98 Å². The van der Waals surface area contributed by atoms with E-state index in [1.54, 1.807) is 32.4 Å². The van der Waals surface area contributed by atoms with Crippen molar-refractivity contribution >= 4 is 21.7 Å². The number of rotatable bonds is 6. The first kappa shape index (κ1) is 13.3. The van der Waals surface area contributed by atoms with E-state index in [0.717, 1.165) is 0 Å². The molecule has 0 fully saturated rings. The van der Waals surface area contributed by atoms with Gasteiger partial charge < -0.3 is 9.47 Å². The molecule has 0 spiro atoms. The van der Waals surface area contributed by atoms with Crippen LogP contribution in [-0.2, 0) is 9.47 Å². The average molecular weight is 288 g/mol. The number of ether oxygens (including phenoxy) is 2. The summed E-state index contributed by atoms with van der Waals surface area (Å²) in [6, 6.07) is 5.26. The van der Waals surface area contributed by atoms with E-state index in [1.807, 2.05) is 0 Å². The number of pyridine rings is 1. The van der Waals surface area contributed by atoms with Gasteiger partial charge in [-0.05, 0) is 28.1 Å². The maximum absolute atomic E-state index is 11.7. The summed E-state index contributed by atoms with van der Waals surface area (Å²) in [5.41, 5.74) is 0.459. The van der Waals surface area contributed by atoms with Crippen LogP contribution in [0.3, 0.4) is 0 Å². The number of Topliss-reactive ketones (excluding diaryl/α,β-unsaturated/α-hetero) is 1. The monoisotopic (exact) mass is 287 g/mol. The molecule has 5 heteroatoms. The normalized spacial score (nSPS) is 10.8. The lowest BCUT2D eigenvalue weighted by Crippen LogP contribution is -2.15. The van der Waals surface area contributed by atoms with E-state index in [-0.39, 0.29) is 12.1 Å². The number of hydrogen-bond donors (Lipinski definition) is 0. The zero-order valence-corrected chi connectivity index (χ0v) is 10.9. The number of halogens is 1. The van der Waals surface area contributed by atoms with Crippen molar-refractivity contribution in [2.75, 3.05) is 14.2 Å². The van der Waals surface area contributed by atoms with Crippen LogP contribution in [0.25, 0.3) is 0 Å². The van der Waals surface area contributed by atoms with Gasteiger partial charge in [0.2, 0.25) is 0 Å². The zero-order chi connectivity index (χ0) is 12.0. The molecule has 0 atom stereocenters. The fourth-order valence-corrected chi connectivity index (χ4v) is 1.62. The second-order valence-electron chi connectivity index (χ2n) is 3.21. The smallest absolute Gasteiger partial charge is 0.181 e. The Kier molecular flexibility index (Phi) is 5.59. The first-order chi connectivity index (χ1) is 7.67. The Morgan fingerprint density at radius 3 is 2.69 bits per heavy atom. The predicted molar refractivity (Wildman–Crippen MR) is 63.3 cm³/mol. The van der Waals surface area contributed by atoms with Gasteiger partial charge in [-0.15, -0.1) is 0 Å². The molecule has 0 N–H and O–H groups in total. The number of aromatic nitrogens is 1. The highest BCUT2D eigenvalue weighted by molar-refractivity contribution is 9.10. The highest BCUT2D eigenvalue weighted by atomic mass is 79.9. The Hall–Kier alpha value is -0.780. The molecule has 0 radical (unpaired) electrons. The molecule has 0 bridgehead atoms. The van der Waals surface area contributed by atoms with Crippen LogP contribution in [0.1, 0.15) is 23.3 Å². The van der Waals surface area contributed by atoms with Crippen LogP contribution >= 0.6 is 15.9 Å². The summed E-state index contributed by atoms with van der Waals surface area (Å²) in [5.74, 6) is -0.0135. The van der Waals surface area contributed by atoms with Crippen molar-refractivity contribution in [1.82, 2.24) is 4.98 Å². The maximum Gasteiger partial charge on any atom is 0.181 e. The van der Waals surface area contributed by atoms with Gasteiger partial charge in [-0.3, -0.25) is 4.79 Å². The third kappa shape index (κ3) is 4.00. The summed E-state index contributed by atoms with van der Waals surface area (Å²) >= 11 is 3.23. The van der Waals surface area contributed by atoms with Crippen molar-refractivity contribution in [3.05, 3.63) is 28.5 Å². The van der Waals surface area contributed by atoms with Gasteiger partial charge in [-0.1, -0.05) is 6.07 Å². The number of carbonyl (C=O) groups is 1. The lowest BCUT2D eigenvalue weighted by Gasteiger charge is -2.11. The average Bonchev–Trinajstić information content (AvgIpc) is 2.30. The van der Waals surface area contributed by atoms with Gasteiger partial charge in [0.15, 0.2) is 12.1 Å². The molecule has 16 heavy (non-hydrogen) atoms. The molecular formula is C11H14BrNO3. The van der Waals surface area contributed by atoms with Gasteiger partial charge in [0.05, 0.1) is 0 Å². The van der Waals surface area contributed by atoms with E-state index in [0.29, 0.717) is 23.1 Å². The molecule has 0 amide bonds. The summed E-state index contributed by atoms with van der Waals surface area (Å²) in [5, 5.41) is 0. The predicted octanol–water partition coefficient (Wildman–Crippen LogP) is 2.43. The molecule has 0 aliphatic carbocycles. The molecule has 4 nitrogen and oxygen atoms in total. The van der Waals surface area contributed by atoms with E-state index in [1.165, 1.54) is 0 Å². The molecule has 0 saturated carbocycles. The summed E-state index contributed by atoms with van der Waals surface area (Å²) in [4.78, 5) is 15.8. The molecular weight excluding hydrogens is 274 g/mol. The SMILES string of the molecule is COC(CCC(=O)c1cccc(Br)n1)OC. The maximum atomic E-state index is 11.7. The van der Waals surface area contributed by atoms with Crippen molar-refractivity contribution in [3.8, 4) is 0 Å². The Balaban J connectivity index is 2.52. The van der Waals surface area contributed by atoms with Crippen LogP contribution in [0.5, 0.6) is 0 Å². The van der Waals surface area contributed by atoms with Crippen molar-refractivity contribution in [3.63, 3.8) is 0 Å². The van der Waals surface area contributed by atoms with Gasteiger partial charge in [0, 0.05) is 27.1 Å². The van der Waals surface area contributed by atoms with E-state index in [2.05, 4.69) is 20.9 Å². The zero-order valence-electron chi connectivity index (χ0n) is 9.27. The van der Waals surface area contributed by atoms with E-state index in [4.69, 9.17) is 9.47 Å². The third-order valence-electron chi connectivity index (χ3n) is 2.13. The topological polar surface area (TPSA) is 48.4 Å². The van der Waals surface area contributed by atoms with Crippen LogP contribution in [-0.4, -0.2) is 31.3 Å². The van der Waals surface area contributed by atoms with Crippen molar-refractivity contribution in [2.24, 2.45) is 0 Å². The number of hydrogen-bond acceptors (Lipinski definition) is 4. The lowest BCUT2D eigenvalue weighted by molar-refractivity contribution is -0.105. The molecule has 88 valence electrons. The van der Waals surface area contributed by atoms with Gasteiger partial charge in [0.1, 0.15) is 10.3 Å². The minimum Gasteiger partial charge on any atom is -0.356 e. The first-order valence-electron chi connectivity index (χ1n) is 4.88. The van der Waals surface area contributed by atoms with E-state index < -0.39 is 0 Å². The third-order valence-corrected chi connectivity index (χ3v) is 2.58. The lowest BCUT2D eigenvalue weighted by atomic mass is 10.1. The molecule has 1 rings (SSSR count). The Morgan fingerprint density at radius 2 is 2.12 bits per heavy atom. The minimum atomic E-state index is -0.337. The summed E-state index contributed by atoms with van der Waals surface area (Å²) in [6.45, 7) is 0. The quantitative estimate of drug-likeness (QED) is 0.458. The second kappa shape index (κ2) is 6.73. The van der Waals surface area contributed by atoms with Crippen LogP contribution in [0.15, 0.2) is 22.8 Å². The van der Waals surface area contributed by atoms with Crippen molar-refractivity contribution in [1.29, 1.82) is 0 Å². The van der Waals surface area contributed by atoms with Gasteiger partial charge in [-0.2, -0.15) is 0 Å². The van der Waals surface area contributed by atoms with Gasteiger partial charge >= 0.3 is 0 Å². The van der Waals surface area contributed by atoms with Crippen LogP contribution < -0.4 is 0 Å². The molecule has 0 aliphatic heterocycles. The number of methoxy groups -OCH3 is 2. The molecule has 1 heterocycles. The molecule has 0 saturated heterocycles. The highest BCUT2D eigenvalue weighted by Gasteiger charge is 2.12. The van der Waals surface area contributed by atoms with E-state index in [9.17, 15) is 4.79 Å². The van der Waals surface area contributed by atoms with Gasteiger partial charge in [0.25, 0.3) is 0 Å². The largest absolute Gasteiger partial charge is 0.356 e. The fourth-order valence-electron chi connectivity index (χ4n) is 1.27. The van der Waals surface area contributed by atoms with Crippen LogP contribution in [0.2, 0.25) is 0 Å². The van der Waals surface area contributed by atoms with Crippen molar-refractivity contribution < 1.29 is 14.3 Å². The Labute approximate surface area is 103 Å². The molecule has 1 aromatic heterocycles. The first-order valence-corrected chi connectivity index (χ1v) is 5.68. The highest BCUT2D eigenvalue weighted by Crippen LogP contribution is 2.10. The number of ketones is 1. The Morgan fingerprint density at radius 1 is 1.44 bits per heavy atom. The minimum absolute atomic E-state index is 0.0135. The van der Waals surface area contributed by atoms with Crippen LogP contribution in [0.4, 0.5) is 0 Å². The van der Waals surface area contributed by atoms with Crippen LogP contribution in [0, 0.1) is 0 Å². The van der Waals surface area contributed by atoms with E-state index >= 15 is 0 Å². The molecule has 0 unspecified atom stereocenters. The summed E-state index contributed by atoms with van der Waals surface area (Å²) in [7, 11) is 3.10. The van der Waals surface area contributed by atoms with Crippen molar-refractivity contribution in [2.45, 2.75) is 19.1 Å². The summed E-state index contributed by atoms with van der Waals surface area (Å²) in [6.07, 6.45) is 0.548. The molecule has 0 aromatic carbocycles. The number of nitrogens with zero attached hydrogens (tertiary/aromatic N) is 1. The summed E-state index contributed by atoms with van der Waals surface area (Å²) < 4.78 is 10.7. The number of carbonyl (C=O) groups excluding carboxylic acids is 1. The second-order valence-corrected chi connectivity index (χ2v) is 4.02. The fraction of sp³-hybridized carbons (Fsp3) is 0.455.